The van der Waals surface area contributed by atoms with Gasteiger partial charge in [-0.2, -0.15) is 5.10 Å². The van der Waals surface area contributed by atoms with Crippen LogP contribution in [0.3, 0.4) is 0 Å². The van der Waals surface area contributed by atoms with E-state index in [0.717, 1.165) is 0 Å². The van der Waals surface area contributed by atoms with Crippen LogP contribution in [0.25, 0.3) is 0 Å². The second-order valence-electron chi connectivity index (χ2n) is 4.54. The van der Waals surface area contributed by atoms with Crippen molar-refractivity contribution >= 4 is 21.6 Å². The highest BCUT2D eigenvalue weighted by molar-refractivity contribution is 7.91. The number of anilines is 1. The summed E-state index contributed by atoms with van der Waals surface area (Å²) in [5, 5.41) is 3.90. The van der Waals surface area contributed by atoms with Crippen LogP contribution in [0, 0.1) is 0 Å². The van der Waals surface area contributed by atoms with E-state index in [0.29, 0.717) is 12.0 Å². The summed E-state index contributed by atoms with van der Waals surface area (Å²) in [7, 11) is 0.235. The van der Waals surface area contributed by atoms with Gasteiger partial charge in [0.1, 0.15) is 11.4 Å². The Kier molecular flexibility index (Phi) is 3.05. The number of rotatable bonds is 2. The lowest BCUT2D eigenvalue weighted by Gasteiger charge is -2.23. The number of nitrogen functional groups attached to an aromatic ring is 1. The quantitative estimate of drug-likeness (QED) is 0.764. The van der Waals surface area contributed by atoms with Crippen LogP contribution < -0.4 is 5.73 Å². The van der Waals surface area contributed by atoms with E-state index >= 15 is 0 Å². The van der Waals surface area contributed by atoms with Gasteiger partial charge in [-0.25, -0.2) is 8.42 Å². The Bertz CT molecular complexity index is 578. The first-order valence-electron chi connectivity index (χ1n) is 5.57. The summed E-state index contributed by atoms with van der Waals surface area (Å²) in [6.07, 6.45) is 1.88. The van der Waals surface area contributed by atoms with Crippen molar-refractivity contribution in [1.29, 1.82) is 0 Å². The molecule has 2 N–H and O–H groups in total. The van der Waals surface area contributed by atoms with E-state index in [-0.39, 0.29) is 29.3 Å². The van der Waals surface area contributed by atoms with Crippen LogP contribution in [0.4, 0.5) is 5.82 Å². The molecule has 1 aliphatic rings. The summed E-state index contributed by atoms with van der Waals surface area (Å²) < 4.78 is 24.2. The Labute approximate surface area is 105 Å². The predicted octanol–water partition coefficient (Wildman–Crippen LogP) is -0.739. The minimum Gasteiger partial charge on any atom is -0.383 e. The summed E-state index contributed by atoms with van der Waals surface area (Å²) >= 11 is 0. The van der Waals surface area contributed by atoms with Gasteiger partial charge in [-0.3, -0.25) is 9.48 Å². The first-order chi connectivity index (χ1) is 8.32. The number of sulfone groups is 1. The molecule has 1 aromatic heterocycles. The second kappa shape index (κ2) is 4.27. The van der Waals surface area contributed by atoms with Gasteiger partial charge in [-0.05, 0) is 6.42 Å². The molecule has 2 heterocycles. The fourth-order valence-corrected chi connectivity index (χ4v) is 3.82. The molecule has 0 spiro atoms. The average molecular weight is 272 g/mol. The molecular weight excluding hydrogens is 256 g/mol. The van der Waals surface area contributed by atoms with Crippen LogP contribution >= 0.6 is 0 Å². The molecule has 1 saturated heterocycles. The minimum atomic E-state index is -3.01. The zero-order chi connectivity index (χ0) is 13.5. The molecular formula is C10H16N4O3S. The van der Waals surface area contributed by atoms with Gasteiger partial charge < -0.3 is 10.6 Å². The zero-order valence-corrected chi connectivity index (χ0v) is 11.1. The minimum absolute atomic E-state index is 0.0232. The Morgan fingerprint density at radius 3 is 2.72 bits per heavy atom. The van der Waals surface area contributed by atoms with Crippen molar-refractivity contribution in [3.63, 3.8) is 0 Å². The summed E-state index contributed by atoms with van der Waals surface area (Å²) in [5.41, 5.74) is 6.04. The highest BCUT2D eigenvalue weighted by Gasteiger charge is 2.33. The molecule has 7 nitrogen and oxygen atoms in total. The standard InChI is InChI=1S/C10H16N4O3S/c1-13(7-3-4-18(16,17)6-7)10(15)8-5-12-14(2)9(8)11/h5,7H,3-4,6,11H2,1-2H3. The van der Waals surface area contributed by atoms with Crippen LogP contribution in [0.15, 0.2) is 6.20 Å². The van der Waals surface area contributed by atoms with Gasteiger partial charge in [0.2, 0.25) is 0 Å². The summed E-state index contributed by atoms with van der Waals surface area (Å²) in [5.74, 6) is 0.156. The fraction of sp³-hybridized carbons (Fsp3) is 0.600. The fourth-order valence-electron chi connectivity index (χ4n) is 2.05. The molecule has 18 heavy (non-hydrogen) atoms. The first-order valence-corrected chi connectivity index (χ1v) is 7.39. The van der Waals surface area contributed by atoms with Gasteiger partial charge in [-0.1, -0.05) is 0 Å². The smallest absolute Gasteiger partial charge is 0.259 e. The maximum atomic E-state index is 12.2. The molecule has 100 valence electrons. The molecule has 0 aliphatic carbocycles. The molecule has 1 amide bonds. The van der Waals surface area contributed by atoms with E-state index in [4.69, 9.17) is 5.73 Å². The average Bonchev–Trinajstić information content (AvgIpc) is 2.82. The largest absolute Gasteiger partial charge is 0.383 e. The molecule has 0 saturated carbocycles. The molecule has 1 atom stereocenters. The monoisotopic (exact) mass is 272 g/mol. The molecule has 0 radical (unpaired) electrons. The summed E-state index contributed by atoms with van der Waals surface area (Å²) in [6.45, 7) is 0. The van der Waals surface area contributed by atoms with Crippen LogP contribution in [-0.4, -0.2) is 53.6 Å². The Morgan fingerprint density at radius 2 is 2.28 bits per heavy atom. The lowest BCUT2D eigenvalue weighted by molar-refractivity contribution is 0.0748. The van der Waals surface area contributed by atoms with E-state index in [9.17, 15) is 13.2 Å². The highest BCUT2D eigenvalue weighted by Crippen LogP contribution is 2.20. The third-order valence-corrected chi connectivity index (χ3v) is 5.04. The third-order valence-electron chi connectivity index (χ3n) is 3.29. The van der Waals surface area contributed by atoms with Crippen molar-refractivity contribution < 1.29 is 13.2 Å². The first kappa shape index (κ1) is 12.9. The number of aryl methyl sites for hydroxylation is 1. The molecule has 1 aromatic rings. The topological polar surface area (TPSA) is 98.3 Å². The summed E-state index contributed by atoms with van der Waals surface area (Å²) in [4.78, 5) is 13.6. The Morgan fingerprint density at radius 1 is 1.61 bits per heavy atom. The van der Waals surface area contributed by atoms with Crippen molar-refractivity contribution in [2.24, 2.45) is 7.05 Å². The van der Waals surface area contributed by atoms with Gasteiger partial charge in [0.05, 0.1) is 17.7 Å². The van der Waals surface area contributed by atoms with Gasteiger partial charge in [0.25, 0.3) is 5.91 Å². The molecule has 1 unspecified atom stereocenters. The van der Waals surface area contributed by atoms with E-state index in [1.165, 1.54) is 15.8 Å². The van der Waals surface area contributed by atoms with Gasteiger partial charge in [0.15, 0.2) is 9.84 Å². The van der Waals surface area contributed by atoms with Gasteiger partial charge in [-0.15, -0.1) is 0 Å². The van der Waals surface area contributed by atoms with E-state index in [1.807, 2.05) is 0 Å². The predicted molar refractivity (Wildman–Crippen MR) is 66.8 cm³/mol. The van der Waals surface area contributed by atoms with E-state index in [1.54, 1.807) is 14.1 Å². The van der Waals surface area contributed by atoms with Gasteiger partial charge in [0, 0.05) is 20.1 Å². The van der Waals surface area contributed by atoms with Crippen LogP contribution in [-0.2, 0) is 16.9 Å². The number of nitrogens with zero attached hydrogens (tertiary/aromatic N) is 3. The number of hydrogen-bond donors (Lipinski definition) is 1. The molecule has 0 aromatic carbocycles. The maximum Gasteiger partial charge on any atom is 0.259 e. The number of carbonyl (C=O) groups excluding carboxylic acids is 1. The van der Waals surface area contributed by atoms with Crippen molar-refractivity contribution in [3.8, 4) is 0 Å². The summed E-state index contributed by atoms with van der Waals surface area (Å²) in [6, 6.07) is -0.276. The van der Waals surface area contributed by atoms with Crippen molar-refractivity contribution in [1.82, 2.24) is 14.7 Å². The molecule has 2 rings (SSSR count). The second-order valence-corrected chi connectivity index (χ2v) is 6.77. The number of nitrogens with two attached hydrogens (primary N) is 1. The van der Waals surface area contributed by atoms with Crippen molar-refractivity contribution in [3.05, 3.63) is 11.8 Å². The lowest BCUT2D eigenvalue weighted by Crippen LogP contribution is -2.38. The number of hydrogen-bond acceptors (Lipinski definition) is 5. The number of amides is 1. The van der Waals surface area contributed by atoms with Crippen LogP contribution in [0.5, 0.6) is 0 Å². The van der Waals surface area contributed by atoms with Gasteiger partial charge >= 0.3 is 0 Å². The normalized spacial score (nSPS) is 22.0. The lowest BCUT2D eigenvalue weighted by atomic mass is 10.2. The molecule has 1 fully saturated rings. The molecule has 1 aliphatic heterocycles. The van der Waals surface area contributed by atoms with E-state index < -0.39 is 9.84 Å². The Hall–Kier alpha value is -1.57. The Balaban J connectivity index is 2.17. The van der Waals surface area contributed by atoms with E-state index in [2.05, 4.69) is 5.10 Å². The van der Waals surface area contributed by atoms with Crippen molar-refractivity contribution in [2.75, 3.05) is 24.3 Å². The SMILES string of the molecule is CN(C(=O)c1cnn(C)c1N)C1CCS(=O)(=O)C1. The number of carbonyl (C=O) groups is 1. The van der Waals surface area contributed by atoms with Crippen LogP contribution in [0.2, 0.25) is 0 Å². The zero-order valence-electron chi connectivity index (χ0n) is 10.3. The molecule has 0 bridgehead atoms. The van der Waals surface area contributed by atoms with Crippen molar-refractivity contribution in [2.45, 2.75) is 12.5 Å². The van der Waals surface area contributed by atoms with Crippen LogP contribution in [0.1, 0.15) is 16.8 Å². The molecule has 8 heteroatoms. The number of aromatic nitrogens is 2. The maximum absolute atomic E-state index is 12.2. The third kappa shape index (κ3) is 2.20. The highest BCUT2D eigenvalue weighted by atomic mass is 32.2.